The molecular formula is C17H21N3O3. The molecule has 1 heterocycles. The lowest BCUT2D eigenvalue weighted by Crippen LogP contribution is -2.39. The SMILES string of the molecule is CC(C)CCN(CC(=O)Nc1ccon1)C(=O)c1ccccc1. The third kappa shape index (κ3) is 5.25. The van der Waals surface area contributed by atoms with Gasteiger partial charge in [-0.25, -0.2) is 0 Å². The molecule has 0 aliphatic carbocycles. The minimum Gasteiger partial charge on any atom is -0.363 e. The second-order valence-corrected chi connectivity index (χ2v) is 5.71. The first-order chi connectivity index (χ1) is 11.1. The van der Waals surface area contributed by atoms with E-state index in [0.717, 1.165) is 6.42 Å². The number of rotatable bonds is 7. The molecule has 0 bridgehead atoms. The molecule has 0 atom stereocenters. The average Bonchev–Trinajstić information content (AvgIpc) is 3.04. The van der Waals surface area contributed by atoms with Crippen molar-refractivity contribution in [3.63, 3.8) is 0 Å². The van der Waals surface area contributed by atoms with Crippen molar-refractivity contribution in [3.8, 4) is 0 Å². The van der Waals surface area contributed by atoms with Crippen LogP contribution in [-0.2, 0) is 4.79 Å². The smallest absolute Gasteiger partial charge is 0.254 e. The Morgan fingerprint density at radius 3 is 2.57 bits per heavy atom. The van der Waals surface area contributed by atoms with Crippen LogP contribution in [-0.4, -0.2) is 35.0 Å². The van der Waals surface area contributed by atoms with Gasteiger partial charge >= 0.3 is 0 Å². The predicted molar refractivity (Wildman–Crippen MR) is 86.9 cm³/mol. The van der Waals surface area contributed by atoms with Gasteiger partial charge in [-0.2, -0.15) is 0 Å². The van der Waals surface area contributed by atoms with Gasteiger partial charge in [-0.3, -0.25) is 9.59 Å². The molecule has 1 aromatic carbocycles. The molecule has 1 N–H and O–H groups in total. The Morgan fingerprint density at radius 1 is 1.22 bits per heavy atom. The molecular weight excluding hydrogens is 294 g/mol. The zero-order valence-electron chi connectivity index (χ0n) is 13.4. The summed E-state index contributed by atoms with van der Waals surface area (Å²) in [4.78, 5) is 26.3. The fraction of sp³-hybridized carbons (Fsp3) is 0.353. The highest BCUT2D eigenvalue weighted by molar-refractivity contribution is 5.99. The summed E-state index contributed by atoms with van der Waals surface area (Å²) in [5, 5.41) is 6.24. The maximum Gasteiger partial charge on any atom is 0.254 e. The molecule has 122 valence electrons. The maximum absolute atomic E-state index is 12.6. The van der Waals surface area contributed by atoms with E-state index in [4.69, 9.17) is 0 Å². The van der Waals surface area contributed by atoms with Crippen LogP contribution in [0.2, 0.25) is 0 Å². The summed E-state index contributed by atoms with van der Waals surface area (Å²) >= 11 is 0. The van der Waals surface area contributed by atoms with Crippen molar-refractivity contribution in [1.29, 1.82) is 0 Å². The molecule has 0 unspecified atom stereocenters. The number of amides is 2. The number of benzene rings is 1. The first-order valence-electron chi connectivity index (χ1n) is 7.61. The zero-order valence-corrected chi connectivity index (χ0v) is 13.4. The lowest BCUT2D eigenvalue weighted by atomic mass is 10.1. The highest BCUT2D eigenvalue weighted by atomic mass is 16.5. The lowest BCUT2D eigenvalue weighted by molar-refractivity contribution is -0.117. The van der Waals surface area contributed by atoms with Crippen LogP contribution >= 0.6 is 0 Å². The van der Waals surface area contributed by atoms with E-state index in [9.17, 15) is 9.59 Å². The van der Waals surface area contributed by atoms with Crippen molar-refractivity contribution in [3.05, 3.63) is 48.2 Å². The Morgan fingerprint density at radius 2 is 1.96 bits per heavy atom. The lowest BCUT2D eigenvalue weighted by Gasteiger charge is -2.23. The standard InChI is InChI=1S/C17H21N3O3/c1-13(2)8-10-20(17(22)14-6-4-3-5-7-14)12-16(21)18-15-9-11-23-19-15/h3-7,9,11,13H,8,10,12H2,1-2H3,(H,18,19,21). The molecule has 2 aromatic rings. The van der Waals surface area contributed by atoms with Crippen molar-refractivity contribution in [1.82, 2.24) is 10.1 Å². The van der Waals surface area contributed by atoms with Crippen LogP contribution in [0.3, 0.4) is 0 Å². The number of anilines is 1. The van der Waals surface area contributed by atoms with E-state index in [-0.39, 0.29) is 18.4 Å². The van der Waals surface area contributed by atoms with Crippen LogP contribution in [0.5, 0.6) is 0 Å². The quantitative estimate of drug-likeness (QED) is 0.852. The Bertz CT molecular complexity index is 624. The van der Waals surface area contributed by atoms with E-state index >= 15 is 0 Å². The van der Waals surface area contributed by atoms with Gasteiger partial charge in [-0.05, 0) is 24.5 Å². The summed E-state index contributed by atoms with van der Waals surface area (Å²) in [6.45, 7) is 4.67. The first-order valence-corrected chi connectivity index (χ1v) is 7.61. The number of carbonyl (C=O) groups excluding carboxylic acids is 2. The minimum absolute atomic E-state index is 0.0205. The van der Waals surface area contributed by atoms with Crippen molar-refractivity contribution < 1.29 is 14.1 Å². The largest absolute Gasteiger partial charge is 0.363 e. The van der Waals surface area contributed by atoms with E-state index in [0.29, 0.717) is 23.8 Å². The van der Waals surface area contributed by atoms with Gasteiger partial charge in [0.15, 0.2) is 5.82 Å². The van der Waals surface area contributed by atoms with Crippen molar-refractivity contribution in [2.45, 2.75) is 20.3 Å². The fourth-order valence-electron chi connectivity index (χ4n) is 2.06. The molecule has 0 aliphatic heterocycles. The summed E-state index contributed by atoms with van der Waals surface area (Å²) in [5.74, 6) is 0.333. The molecule has 0 aliphatic rings. The van der Waals surface area contributed by atoms with Crippen LogP contribution in [0.4, 0.5) is 5.82 Å². The van der Waals surface area contributed by atoms with Crippen molar-refractivity contribution >= 4 is 17.6 Å². The number of nitrogens with zero attached hydrogens (tertiary/aromatic N) is 2. The van der Waals surface area contributed by atoms with Gasteiger partial charge in [0, 0.05) is 18.2 Å². The predicted octanol–water partition coefficient (Wildman–Crippen LogP) is 2.80. The summed E-state index contributed by atoms with van der Waals surface area (Å²) in [6, 6.07) is 10.5. The second-order valence-electron chi connectivity index (χ2n) is 5.71. The number of hydrogen-bond donors (Lipinski definition) is 1. The van der Waals surface area contributed by atoms with Gasteiger partial charge in [0.05, 0.1) is 0 Å². The Balaban J connectivity index is 2.04. The maximum atomic E-state index is 12.6. The van der Waals surface area contributed by atoms with Crippen LogP contribution < -0.4 is 5.32 Å². The van der Waals surface area contributed by atoms with E-state index < -0.39 is 0 Å². The second kappa shape index (κ2) is 8.12. The minimum atomic E-state index is -0.299. The van der Waals surface area contributed by atoms with Gasteiger partial charge in [-0.15, -0.1) is 0 Å². The highest BCUT2D eigenvalue weighted by Gasteiger charge is 2.19. The summed E-state index contributed by atoms with van der Waals surface area (Å²) in [5.41, 5.74) is 0.575. The Kier molecular flexibility index (Phi) is 5.91. The third-order valence-corrected chi connectivity index (χ3v) is 3.32. The van der Waals surface area contributed by atoms with Crippen LogP contribution in [0.25, 0.3) is 0 Å². The molecule has 0 saturated carbocycles. The van der Waals surface area contributed by atoms with Crippen molar-refractivity contribution in [2.24, 2.45) is 5.92 Å². The Hall–Kier alpha value is -2.63. The molecule has 0 fully saturated rings. The van der Waals surface area contributed by atoms with E-state index in [1.54, 1.807) is 23.1 Å². The molecule has 0 spiro atoms. The fourth-order valence-corrected chi connectivity index (χ4v) is 2.06. The molecule has 23 heavy (non-hydrogen) atoms. The van der Waals surface area contributed by atoms with E-state index in [1.807, 2.05) is 18.2 Å². The Labute approximate surface area is 135 Å². The number of carbonyl (C=O) groups is 2. The van der Waals surface area contributed by atoms with Crippen molar-refractivity contribution in [2.75, 3.05) is 18.4 Å². The van der Waals surface area contributed by atoms with Gasteiger partial charge in [0.1, 0.15) is 12.8 Å². The van der Waals surface area contributed by atoms with Gasteiger partial charge in [-0.1, -0.05) is 37.2 Å². The molecule has 0 radical (unpaired) electrons. The first kappa shape index (κ1) is 16.7. The molecule has 0 saturated heterocycles. The third-order valence-electron chi connectivity index (χ3n) is 3.32. The molecule has 2 amide bonds. The highest BCUT2D eigenvalue weighted by Crippen LogP contribution is 2.09. The summed E-state index contributed by atoms with van der Waals surface area (Å²) in [7, 11) is 0. The van der Waals surface area contributed by atoms with Crippen LogP contribution in [0, 0.1) is 5.92 Å². The zero-order chi connectivity index (χ0) is 16.7. The topological polar surface area (TPSA) is 75.4 Å². The molecule has 2 rings (SSSR count). The van der Waals surface area contributed by atoms with Gasteiger partial charge in [0.2, 0.25) is 5.91 Å². The monoisotopic (exact) mass is 315 g/mol. The van der Waals surface area contributed by atoms with Crippen LogP contribution in [0.15, 0.2) is 47.2 Å². The average molecular weight is 315 g/mol. The summed E-state index contributed by atoms with van der Waals surface area (Å²) < 4.78 is 4.67. The number of hydrogen-bond acceptors (Lipinski definition) is 4. The summed E-state index contributed by atoms with van der Waals surface area (Å²) in [6.07, 6.45) is 2.21. The number of nitrogens with one attached hydrogen (secondary N) is 1. The molecule has 6 heteroatoms. The molecule has 6 nitrogen and oxygen atoms in total. The van der Waals surface area contributed by atoms with Gasteiger partial charge in [0.25, 0.3) is 5.91 Å². The normalized spacial score (nSPS) is 10.6. The molecule has 1 aromatic heterocycles. The van der Waals surface area contributed by atoms with Crippen LogP contribution in [0.1, 0.15) is 30.6 Å². The number of aromatic nitrogens is 1. The van der Waals surface area contributed by atoms with E-state index in [2.05, 4.69) is 28.8 Å². The van der Waals surface area contributed by atoms with E-state index in [1.165, 1.54) is 6.26 Å². The van der Waals surface area contributed by atoms with Gasteiger partial charge < -0.3 is 14.7 Å².